The lowest BCUT2D eigenvalue weighted by atomic mass is 10.1. The SMILES string of the molecule is CCc1ccc(NS(=O)(=O)c2ccc3c(c2)C[C@H](C)N3C(C)=O)cc1. The maximum absolute atomic E-state index is 12.7. The summed E-state index contributed by atoms with van der Waals surface area (Å²) in [5.41, 5.74) is 3.37. The first-order chi connectivity index (χ1) is 11.8. The fourth-order valence-corrected chi connectivity index (χ4v) is 4.39. The summed E-state index contributed by atoms with van der Waals surface area (Å²) in [7, 11) is -3.66. The normalized spacial score (nSPS) is 16.6. The molecule has 1 aliphatic rings. The number of rotatable bonds is 4. The molecule has 1 aliphatic heterocycles. The second-order valence-electron chi connectivity index (χ2n) is 6.39. The minimum atomic E-state index is -3.66. The number of hydrogen-bond acceptors (Lipinski definition) is 3. The number of carbonyl (C=O) groups is 1. The van der Waals surface area contributed by atoms with Crippen LogP contribution in [0.4, 0.5) is 11.4 Å². The van der Waals surface area contributed by atoms with Crippen LogP contribution < -0.4 is 9.62 Å². The number of hydrogen-bond donors (Lipinski definition) is 1. The van der Waals surface area contributed by atoms with E-state index in [0.717, 1.165) is 23.2 Å². The third kappa shape index (κ3) is 3.39. The van der Waals surface area contributed by atoms with Crippen LogP contribution in [0.5, 0.6) is 0 Å². The van der Waals surface area contributed by atoms with E-state index in [4.69, 9.17) is 0 Å². The van der Waals surface area contributed by atoms with Gasteiger partial charge < -0.3 is 4.90 Å². The molecule has 1 N–H and O–H groups in total. The standard InChI is InChI=1S/C19H22N2O3S/c1-4-15-5-7-17(8-6-15)20-25(23,24)18-9-10-19-16(12-18)11-13(2)21(19)14(3)22/h5-10,12-13,20H,4,11H2,1-3H3/t13-/m0/s1. The Hall–Kier alpha value is -2.34. The molecule has 0 saturated carbocycles. The summed E-state index contributed by atoms with van der Waals surface area (Å²) in [6.45, 7) is 5.54. The summed E-state index contributed by atoms with van der Waals surface area (Å²) >= 11 is 0. The highest BCUT2D eigenvalue weighted by Crippen LogP contribution is 2.34. The minimum Gasteiger partial charge on any atom is -0.309 e. The Balaban J connectivity index is 1.88. The van der Waals surface area contributed by atoms with E-state index < -0.39 is 10.0 Å². The molecule has 0 bridgehead atoms. The molecule has 1 atom stereocenters. The number of carbonyl (C=O) groups excluding carboxylic acids is 1. The molecule has 25 heavy (non-hydrogen) atoms. The first-order valence-electron chi connectivity index (χ1n) is 8.36. The molecule has 0 spiro atoms. The number of fused-ring (bicyclic) bond motifs is 1. The second kappa shape index (κ2) is 6.52. The van der Waals surface area contributed by atoms with Gasteiger partial charge in [-0.05, 0) is 61.2 Å². The lowest BCUT2D eigenvalue weighted by Crippen LogP contribution is -2.33. The number of nitrogens with one attached hydrogen (secondary N) is 1. The predicted octanol–water partition coefficient (Wildman–Crippen LogP) is 3.35. The fraction of sp³-hybridized carbons (Fsp3) is 0.316. The van der Waals surface area contributed by atoms with Gasteiger partial charge in [-0.25, -0.2) is 8.42 Å². The van der Waals surface area contributed by atoms with Gasteiger partial charge in [0.25, 0.3) is 10.0 Å². The van der Waals surface area contributed by atoms with Crippen molar-refractivity contribution in [2.75, 3.05) is 9.62 Å². The van der Waals surface area contributed by atoms with Crippen molar-refractivity contribution in [2.24, 2.45) is 0 Å². The van der Waals surface area contributed by atoms with Crippen LogP contribution in [-0.2, 0) is 27.7 Å². The van der Waals surface area contributed by atoms with Crippen LogP contribution in [-0.4, -0.2) is 20.4 Å². The van der Waals surface area contributed by atoms with Gasteiger partial charge in [0.05, 0.1) is 4.90 Å². The zero-order valence-electron chi connectivity index (χ0n) is 14.6. The van der Waals surface area contributed by atoms with E-state index in [9.17, 15) is 13.2 Å². The third-order valence-electron chi connectivity index (χ3n) is 4.53. The highest BCUT2D eigenvalue weighted by molar-refractivity contribution is 7.92. The van der Waals surface area contributed by atoms with Crippen molar-refractivity contribution in [1.82, 2.24) is 0 Å². The van der Waals surface area contributed by atoms with Gasteiger partial charge in [-0.1, -0.05) is 19.1 Å². The first kappa shape index (κ1) is 17.5. The Morgan fingerprint density at radius 1 is 1.20 bits per heavy atom. The Labute approximate surface area is 148 Å². The molecule has 1 amide bonds. The largest absolute Gasteiger partial charge is 0.309 e. The summed E-state index contributed by atoms with van der Waals surface area (Å²) in [6.07, 6.45) is 1.56. The summed E-state index contributed by atoms with van der Waals surface area (Å²) < 4.78 is 27.9. The van der Waals surface area contributed by atoms with Crippen molar-refractivity contribution in [3.8, 4) is 0 Å². The zero-order valence-corrected chi connectivity index (χ0v) is 15.4. The topological polar surface area (TPSA) is 66.5 Å². The van der Waals surface area contributed by atoms with Crippen LogP contribution in [0.3, 0.4) is 0 Å². The van der Waals surface area contributed by atoms with E-state index >= 15 is 0 Å². The van der Waals surface area contributed by atoms with E-state index in [1.165, 1.54) is 6.92 Å². The lowest BCUT2D eigenvalue weighted by molar-refractivity contribution is -0.116. The number of anilines is 2. The number of amides is 1. The van der Waals surface area contributed by atoms with Crippen molar-refractivity contribution in [3.05, 3.63) is 53.6 Å². The van der Waals surface area contributed by atoms with Crippen LogP contribution in [0.2, 0.25) is 0 Å². The Morgan fingerprint density at radius 3 is 2.48 bits per heavy atom. The van der Waals surface area contributed by atoms with Crippen molar-refractivity contribution in [2.45, 2.75) is 44.6 Å². The molecular formula is C19H22N2O3S. The second-order valence-corrected chi connectivity index (χ2v) is 8.07. The molecule has 2 aromatic rings. The van der Waals surface area contributed by atoms with Crippen LogP contribution in [0.15, 0.2) is 47.4 Å². The fourth-order valence-electron chi connectivity index (χ4n) is 3.28. The van der Waals surface area contributed by atoms with Crippen LogP contribution in [0.1, 0.15) is 31.9 Å². The van der Waals surface area contributed by atoms with E-state index in [1.54, 1.807) is 35.2 Å². The van der Waals surface area contributed by atoms with E-state index in [1.807, 2.05) is 19.1 Å². The molecule has 1 heterocycles. The van der Waals surface area contributed by atoms with Gasteiger partial charge in [-0.15, -0.1) is 0 Å². The molecule has 6 heteroatoms. The number of aryl methyl sites for hydroxylation is 1. The summed E-state index contributed by atoms with van der Waals surface area (Å²) in [4.78, 5) is 13.7. The lowest BCUT2D eigenvalue weighted by Gasteiger charge is -2.20. The van der Waals surface area contributed by atoms with Gasteiger partial charge in [0.2, 0.25) is 5.91 Å². The molecule has 5 nitrogen and oxygen atoms in total. The summed E-state index contributed by atoms with van der Waals surface area (Å²) in [5.74, 6) is -0.0315. The van der Waals surface area contributed by atoms with Crippen molar-refractivity contribution < 1.29 is 13.2 Å². The van der Waals surface area contributed by atoms with Crippen LogP contribution in [0.25, 0.3) is 0 Å². The van der Waals surface area contributed by atoms with Crippen molar-refractivity contribution in [1.29, 1.82) is 0 Å². The maximum atomic E-state index is 12.7. The first-order valence-corrected chi connectivity index (χ1v) is 9.84. The molecule has 0 fully saturated rings. The van der Waals surface area contributed by atoms with Gasteiger partial charge in [-0.3, -0.25) is 9.52 Å². The van der Waals surface area contributed by atoms with E-state index in [0.29, 0.717) is 12.1 Å². The number of benzene rings is 2. The monoisotopic (exact) mass is 358 g/mol. The molecule has 0 unspecified atom stereocenters. The highest BCUT2D eigenvalue weighted by atomic mass is 32.2. The molecule has 2 aromatic carbocycles. The van der Waals surface area contributed by atoms with E-state index in [-0.39, 0.29) is 16.8 Å². The molecule has 0 saturated heterocycles. The molecule has 0 aliphatic carbocycles. The molecule has 0 radical (unpaired) electrons. The molecule has 3 rings (SSSR count). The van der Waals surface area contributed by atoms with E-state index in [2.05, 4.69) is 11.6 Å². The number of nitrogens with zero attached hydrogens (tertiary/aromatic N) is 1. The smallest absolute Gasteiger partial charge is 0.261 e. The van der Waals surface area contributed by atoms with Gasteiger partial charge in [0.15, 0.2) is 0 Å². The quantitative estimate of drug-likeness (QED) is 0.911. The third-order valence-corrected chi connectivity index (χ3v) is 5.91. The summed E-state index contributed by atoms with van der Waals surface area (Å²) in [5, 5.41) is 0. The van der Waals surface area contributed by atoms with Crippen molar-refractivity contribution >= 4 is 27.3 Å². The molecule has 132 valence electrons. The van der Waals surface area contributed by atoms with Gasteiger partial charge in [-0.2, -0.15) is 0 Å². The van der Waals surface area contributed by atoms with Crippen LogP contribution >= 0.6 is 0 Å². The Morgan fingerprint density at radius 2 is 1.88 bits per heavy atom. The highest BCUT2D eigenvalue weighted by Gasteiger charge is 2.30. The molecule has 0 aromatic heterocycles. The van der Waals surface area contributed by atoms with Gasteiger partial charge in [0, 0.05) is 24.3 Å². The Bertz CT molecular complexity index is 905. The minimum absolute atomic E-state index is 0.0315. The van der Waals surface area contributed by atoms with Crippen molar-refractivity contribution in [3.63, 3.8) is 0 Å². The average Bonchev–Trinajstić information content (AvgIpc) is 2.90. The molecular weight excluding hydrogens is 336 g/mol. The summed E-state index contributed by atoms with van der Waals surface area (Å²) in [6, 6.07) is 12.3. The van der Waals surface area contributed by atoms with Gasteiger partial charge >= 0.3 is 0 Å². The predicted molar refractivity (Wildman–Crippen MR) is 99.4 cm³/mol. The zero-order chi connectivity index (χ0) is 18.2. The number of sulfonamides is 1. The Kier molecular flexibility index (Phi) is 4.56. The van der Waals surface area contributed by atoms with Gasteiger partial charge in [0.1, 0.15) is 0 Å². The van der Waals surface area contributed by atoms with Crippen LogP contribution in [0, 0.1) is 0 Å². The average molecular weight is 358 g/mol. The maximum Gasteiger partial charge on any atom is 0.261 e.